The molecule has 3 rings (SSSR count). The number of aliphatic carboxylic acids is 1. The number of carbonyl (C=O) groups is 5. The van der Waals surface area contributed by atoms with Crippen LogP contribution < -0.4 is 5.32 Å². The number of nitrogens with zero attached hydrogens (tertiary/aromatic N) is 2. The average Bonchev–Trinajstić information content (AvgIpc) is 3.11. The van der Waals surface area contributed by atoms with Crippen LogP contribution in [0.3, 0.4) is 0 Å². The predicted octanol–water partition coefficient (Wildman–Crippen LogP) is 0.585. The molecule has 0 unspecified atom stereocenters. The van der Waals surface area contributed by atoms with Crippen molar-refractivity contribution in [1.29, 1.82) is 0 Å². The average molecular weight is 433 g/mol. The highest BCUT2D eigenvalue weighted by atomic mass is 32.2. The minimum absolute atomic E-state index is 0.0166. The molecule has 3 amide bonds. The van der Waals surface area contributed by atoms with Crippen LogP contribution in [0.15, 0.2) is 30.3 Å². The molecule has 2 aliphatic heterocycles. The van der Waals surface area contributed by atoms with E-state index in [-0.39, 0.29) is 36.8 Å². The lowest BCUT2D eigenvalue weighted by Crippen LogP contribution is -2.55. The highest BCUT2D eigenvalue weighted by molar-refractivity contribution is 8.14. The zero-order valence-corrected chi connectivity index (χ0v) is 17.3. The first-order chi connectivity index (χ1) is 14.3. The van der Waals surface area contributed by atoms with E-state index >= 15 is 0 Å². The van der Waals surface area contributed by atoms with Crippen molar-refractivity contribution in [3.8, 4) is 0 Å². The number of carboxylic acid groups (broad SMARTS) is 1. The van der Waals surface area contributed by atoms with Crippen molar-refractivity contribution in [2.24, 2.45) is 0 Å². The van der Waals surface area contributed by atoms with Crippen LogP contribution in [0.25, 0.3) is 0 Å². The van der Waals surface area contributed by atoms with Crippen molar-refractivity contribution in [2.45, 2.75) is 49.9 Å². The van der Waals surface area contributed by atoms with Crippen molar-refractivity contribution in [2.75, 3.05) is 6.54 Å². The minimum atomic E-state index is -1.19. The van der Waals surface area contributed by atoms with Gasteiger partial charge in [-0.1, -0.05) is 42.1 Å². The molecule has 0 radical (unpaired) electrons. The number of rotatable bonds is 6. The van der Waals surface area contributed by atoms with Gasteiger partial charge in [-0.2, -0.15) is 0 Å². The maximum Gasteiger partial charge on any atom is 0.328 e. The molecule has 30 heavy (non-hydrogen) atoms. The van der Waals surface area contributed by atoms with Gasteiger partial charge in [-0.25, -0.2) is 9.80 Å². The van der Waals surface area contributed by atoms with Crippen LogP contribution in [-0.2, 0) is 30.4 Å². The monoisotopic (exact) mass is 433 g/mol. The van der Waals surface area contributed by atoms with Gasteiger partial charge in [0, 0.05) is 26.3 Å². The zero-order valence-electron chi connectivity index (χ0n) is 16.4. The lowest BCUT2D eigenvalue weighted by Gasteiger charge is -2.30. The molecular formula is C20H23N3O6S. The maximum absolute atomic E-state index is 13.0. The molecule has 3 atom stereocenters. The lowest BCUT2D eigenvalue weighted by atomic mass is 10.1. The molecule has 2 saturated heterocycles. The molecule has 2 heterocycles. The van der Waals surface area contributed by atoms with Crippen LogP contribution in [0.5, 0.6) is 0 Å². The fourth-order valence-electron chi connectivity index (χ4n) is 3.68. The largest absolute Gasteiger partial charge is 0.480 e. The van der Waals surface area contributed by atoms with E-state index in [0.717, 1.165) is 22.3 Å². The van der Waals surface area contributed by atoms with Crippen LogP contribution in [0.1, 0.15) is 31.7 Å². The van der Waals surface area contributed by atoms with Gasteiger partial charge < -0.3 is 10.4 Å². The van der Waals surface area contributed by atoms with Crippen molar-refractivity contribution in [1.82, 2.24) is 15.3 Å². The molecule has 0 bridgehead atoms. The number of hydrogen-bond donors (Lipinski definition) is 2. The summed E-state index contributed by atoms with van der Waals surface area (Å²) in [5, 5.41) is 13.2. The summed E-state index contributed by atoms with van der Waals surface area (Å²) in [6, 6.07) is 7.03. The Morgan fingerprint density at radius 1 is 1.20 bits per heavy atom. The molecule has 160 valence electrons. The van der Waals surface area contributed by atoms with E-state index in [1.165, 1.54) is 11.9 Å². The first-order valence-corrected chi connectivity index (χ1v) is 10.5. The van der Waals surface area contributed by atoms with E-state index in [1.807, 2.05) is 30.3 Å². The van der Waals surface area contributed by atoms with Crippen molar-refractivity contribution in [3.05, 3.63) is 35.9 Å². The fourth-order valence-corrected chi connectivity index (χ4v) is 4.53. The molecular weight excluding hydrogens is 410 g/mol. The Morgan fingerprint density at radius 3 is 2.53 bits per heavy atom. The Balaban J connectivity index is 1.77. The number of hydrazine groups is 1. The van der Waals surface area contributed by atoms with E-state index in [9.17, 15) is 29.1 Å². The Hall–Kier alpha value is -2.88. The van der Waals surface area contributed by atoms with Crippen LogP contribution in [0, 0.1) is 0 Å². The van der Waals surface area contributed by atoms with Gasteiger partial charge in [-0.15, -0.1) is 0 Å². The van der Waals surface area contributed by atoms with Gasteiger partial charge in [0.05, 0.1) is 5.25 Å². The van der Waals surface area contributed by atoms with Gasteiger partial charge in [-0.3, -0.25) is 24.2 Å². The Kier molecular flexibility index (Phi) is 6.76. The highest BCUT2D eigenvalue weighted by Gasteiger charge is 2.47. The fraction of sp³-hybridized carbons (Fsp3) is 0.450. The van der Waals surface area contributed by atoms with E-state index < -0.39 is 35.1 Å². The Bertz CT molecular complexity index is 861. The zero-order chi connectivity index (χ0) is 21.8. The number of thioether (sulfide) groups is 1. The lowest BCUT2D eigenvalue weighted by molar-refractivity contribution is -0.166. The maximum atomic E-state index is 13.0. The standard InChI is InChI=1S/C20H23N3O6S/c1-12(24)30-16(11-13-5-3-2-4-6-13)18(26)21-14-7-8-17(25)22-10-9-15(20(28)29)23(22)19(14)27/h2-6,14-16H,7-11H2,1H3,(H,21,26)(H,28,29)/t14-,15-,16-/m0/s1. The molecule has 0 aliphatic carbocycles. The van der Waals surface area contributed by atoms with Gasteiger partial charge in [-0.05, 0) is 18.4 Å². The third kappa shape index (κ3) is 4.81. The molecule has 1 aromatic carbocycles. The molecule has 0 aromatic heterocycles. The summed E-state index contributed by atoms with van der Waals surface area (Å²) in [4.78, 5) is 61.5. The van der Waals surface area contributed by atoms with Crippen molar-refractivity contribution < 1.29 is 29.1 Å². The van der Waals surface area contributed by atoms with Crippen LogP contribution in [0.4, 0.5) is 0 Å². The SMILES string of the molecule is CC(=O)S[C@@H](Cc1ccccc1)C(=O)N[C@H]1CCC(=O)N2CC[C@@H](C(=O)O)N2C1=O. The molecule has 2 N–H and O–H groups in total. The van der Waals surface area contributed by atoms with Crippen LogP contribution in [-0.4, -0.2) is 67.8 Å². The summed E-state index contributed by atoms with van der Waals surface area (Å²) in [6.45, 7) is 1.52. The number of fused-ring (bicyclic) bond motifs is 1. The Labute approximate surface area is 177 Å². The third-order valence-corrected chi connectivity index (χ3v) is 6.09. The van der Waals surface area contributed by atoms with E-state index in [0.29, 0.717) is 6.42 Å². The van der Waals surface area contributed by atoms with Gasteiger partial charge >= 0.3 is 5.97 Å². The van der Waals surface area contributed by atoms with Crippen molar-refractivity contribution in [3.63, 3.8) is 0 Å². The highest BCUT2D eigenvalue weighted by Crippen LogP contribution is 2.26. The predicted molar refractivity (Wildman–Crippen MR) is 108 cm³/mol. The Morgan fingerprint density at radius 2 is 1.90 bits per heavy atom. The molecule has 0 saturated carbocycles. The van der Waals surface area contributed by atoms with E-state index in [1.54, 1.807) is 0 Å². The molecule has 2 fully saturated rings. The molecule has 9 nitrogen and oxygen atoms in total. The topological polar surface area (TPSA) is 124 Å². The molecule has 1 aromatic rings. The summed E-state index contributed by atoms with van der Waals surface area (Å²) in [6.07, 6.45) is 0.531. The summed E-state index contributed by atoms with van der Waals surface area (Å²) in [7, 11) is 0. The summed E-state index contributed by atoms with van der Waals surface area (Å²) < 4.78 is 0. The minimum Gasteiger partial charge on any atom is -0.480 e. The summed E-state index contributed by atoms with van der Waals surface area (Å²) in [5.41, 5.74) is 0.866. The number of carboxylic acids is 1. The van der Waals surface area contributed by atoms with Gasteiger partial charge in [0.2, 0.25) is 11.8 Å². The quantitative estimate of drug-likeness (QED) is 0.673. The van der Waals surface area contributed by atoms with Crippen LogP contribution in [0.2, 0.25) is 0 Å². The normalized spacial score (nSPS) is 22.3. The first kappa shape index (κ1) is 21.8. The summed E-state index contributed by atoms with van der Waals surface area (Å²) >= 11 is 0.876. The van der Waals surface area contributed by atoms with Crippen LogP contribution >= 0.6 is 11.8 Å². The number of nitrogens with one attached hydrogen (secondary N) is 1. The second-order valence-corrected chi connectivity index (χ2v) is 8.61. The van der Waals surface area contributed by atoms with Gasteiger partial charge in [0.15, 0.2) is 11.2 Å². The number of benzene rings is 1. The van der Waals surface area contributed by atoms with Crippen molar-refractivity contribution >= 4 is 40.6 Å². The molecule has 0 spiro atoms. The smallest absolute Gasteiger partial charge is 0.328 e. The van der Waals surface area contributed by atoms with Gasteiger partial charge in [0.1, 0.15) is 6.04 Å². The number of hydrogen-bond acceptors (Lipinski definition) is 6. The third-order valence-electron chi connectivity index (χ3n) is 5.09. The van der Waals surface area contributed by atoms with Gasteiger partial charge in [0.25, 0.3) is 5.91 Å². The van der Waals surface area contributed by atoms with E-state index in [2.05, 4.69) is 5.32 Å². The number of amides is 3. The number of carbonyl (C=O) groups excluding carboxylic acids is 4. The summed E-state index contributed by atoms with van der Waals surface area (Å²) in [5.74, 6) is -2.66. The molecule has 10 heteroatoms. The second-order valence-electron chi connectivity index (χ2n) is 7.23. The van der Waals surface area contributed by atoms with E-state index in [4.69, 9.17) is 0 Å². The second kappa shape index (κ2) is 9.29. The first-order valence-electron chi connectivity index (χ1n) is 9.65. The molecule has 2 aliphatic rings.